The zero-order valence-corrected chi connectivity index (χ0v) is 9.98. The zero-order chi connectivity index (χ0) is 9.15. The number of halogens is 1. The van der Waals surface area contributed by atoms with Gasteiger partial charge in [-0.15, -0.1) is 0 Å². The predicted octanol–water partition coefficient (Wildman–Crippen LogP) is 3.18. The molecule has 0 aromatic carbocycles. The summed E-state index contributed by atoms with van der Waals surface area (Å²) in [6.45, 7) is 3.98. The first-order chi connectivity index (χ1) is 6.29. The molecule has 1 saturated carbocycles. The normalized spacial score (nSPS) is 29.3. The molecule has 1 nitrogen and oxygen atoms in total. The molecule has 0 radical (unpaired) electrons. The quantitative estimate of drug-likeness (QED) is 0.676. The fourth-order valence-electron chi connectivity index (χ4n) is 2.69. The molecule has 1 aliphatic carbocycles. The number of rotatable bonds is 2. The van der Waals surface area contributed by atoms with Gasteiger partial charge < -0.3 is 4.90 Å². The highest BCUT2D eigenvalue weighted by molar-refractivity contribution is 9.10. The maximum atomic E-state index is 3.96. The van der Waals surface area contributed by atoms with Crippen molar-refractivity contribution >= 4 is 15.9 Å². The van der Waals surface area contributed by atoms with Gasteiger partial charge in [-0.05, 0) is 38.8 Å². The molecule has 0 unspecified atom stereocenters. The van der Waals surface area contributed by atoms with Crippen molar-refractivity contribution in [2.75, 3.05) is 19.6 Å². The van der Waals surface area contributed by atoms with E-state index in [1.54, 1.807) is 0 Å². The second kappa shape index (κ2) is 4.31. The van der Waals surface area contributed by atoms with Crippen molar-refractivity contribution in [3.8, 4) is 0 Å². The molecule has 1 aliphatic heterocycles. The average Bonchev–Trinajstić information content (AvgIpc) is 2.57. The van der Waals surface area contributed by atoms with Crippen LogP contribution in [0.5, 0.6) is 0 Å². The van der Waals surface area contributed by atoms with Crippen molar-refractivity contribution in [2.45, 2.75) is 49.3 Å². The lowest BCUT2D eigenvalue weighted by Gasteiger charge is -2.35. The third-order valence-electron chi connectivity index (χ3n) is 3.46. The second-order valence-corrected chi connectivity index (χ2v) is 6.38. The van der Waals surface area contributed by atoms with Gasteiger partial charge in [0.2, 0.25) is 0 Å². The van der Waals surface area contributed by atoms with Crippen molar-refractivity contribution in [3.05, 3.63) is 0 Å². The molecule has 13 heavy (non-hydrogen) atoms. The third kappa shape index (κ3) is 2.69. The minimum Gasteiger partial charge on any atom is -0.302 e. The van der Waals surface area contributed by atoms with Crippen LogP contribution in [0.4, 0.5) is 0 Å². The van der Waals surface area contributed by atoms with Crippen LogP contribution in [0.25, 0.3) is 0 Å². The van der Waals surface area contributed by atoms with Crippen molar-refractivity contribution in [1.29, 1.82) is 0 Å². The molecule has 0 atom stereocenters. The Morgan fingerprint density at radius 2 is 1.54 bits per heavy atom. The monoisotopic (exact) mass is 245 g/mol. The molecule has 0 amide bonds. The summed E-state index contributed by atoms with van der Waals surface area (Å²) < 4.78 is 0.482. The smallest absolute Gasteiger partial charge is 0.0384 e. The summed E-state index contributed by atoms with van der Waals surface area (Å²) in [5, 5.41) is 0. The fraction of sp³-hybridized carbons (Fsp3) is 1.00. The highest BCUT2D eigenvalue weighted by Gasteiger charge is 2.31. The molecule has 0 N–H and O–H groups in total. The molecule has 2 rings (SSSR count). The first kappa shape index (κ1) is 9.97. The summed E-state index contributed by atoms with van der Waals surface area (Å²) in [6.07, 6.45) is 9.94. The molecule has 2 fully saturated rings. The third-order valence-corrected chi connectivity index (χ3v) is 4.50. The lowest BCUT2D eigenvalue weighted by Crippen LogP contribution is -2.38. The second-order valence-electron chi connectivity index (χ2n) is 4.69. The van der Waals surface area contributed by atoms with E-state index in [2.05, 4.69) is 20.8 Å². The lowest BCUT2D eigenvalue weighted by molar-refractivity contribution is 0.263. The van der Waals surface area contributed by atoms with Crippen LogP contribution < -0.4 is 0 Å². The molecule has 1 heterocycles. The van der Waals surface area contributed by atoms with E-state index in [1.807, 2.05) is 0 Å². The van der Waals surface area contributed by atoms with Crippen molar-refractivity contribution in [3.63, 3.8) is 0 Å². The molecular formula is C11H20BrN. The summed E-state index contributed by atoms with van der Waals surface area (Å²) in [6, 6.07) is 0. The fourth-order valence-corrected chi connectivity index (χ4v) is 3.60. The van der Waals surface area contributed by atoms with Crippen LogP contribution >= 0.6 is 15.9 Å². The first-order valence-electron chi connectivity index (χ1n) is 5.70. The standard InChI is InChI=1S/C11H20BrN/c12-11(6-2-1-3-7-11)10-13-8-4-5-9-13/h1-10H2. The molecule has 0 aromatic rings. The Morgan fingerprint density at radius 1 is 0.923 bits per heavy atom. The Kier molecular flexibility index (Phi) is 3.31. The summed E-state index contributed by atoms with van der Waals surface area (Å²) in [5.41, 5.74) is 0. The van der Waals surface area contributed by atoms with Crippen molar-refractivity contribution < 1.29 is 0 Å². The van der Waals surface area contributed by atoms with E-state index >= 15 is 0 Å². The van der Waals surface area contributed by atoms with E-state index in [0.29, 0.717) is 4.32 Å². The van der Waals surface area contributed by atoms with Crippen molar-refractivity contribution in [1.82, 2.24) is 4.90 Å². The summed E-state index contributed by atoms with van der Waals surface area (Å²) in [5.74, 6) is 0. The Hall–Kier alpha value is 0.440. The van der Waals surface area contributed by atoms with E-state index in [1.165, 1.54) is 64.6 Å². The molecule has 76 valence electrons. The number of nitrogens with zero attached hydrogens (tertiary/aromatic N) is 1. The summed E-state index contributed by atoms with van der Waals surface area (Å²) in [4.78, 5) is 2.64. The van der Waals surface area contributed by atoms with Gasteiger partial charge in [0.1, 0.15) is 0 Å². The van der Waals surface area contributed by atoms with Crippen LogP contribution in [0, 0.1) is 0 Å². The molecular weight excluding hydrogens is 226 g/mol. The van der Waals surface area contributed by atoms with Crippen LogP contribution in [-0.4, -0.2) is 28.9 Å². The minimum absolute atomic E-state index is 0.482. The van der Waals surface area contributed by atoms with Crippen LogP contribution in [0.1, 0.15) is 44.9 Å². The minimum atomic E-state index is 0.482. The largest absolute Gasteiger partial charge is 0.302 e. The van der Waals surface area contributed by atoms with Gasteiger partial charge in [-0.25, -0.2) is 0 Å². The van der Waals surface area contributed by atoms with E-state index in [-0.39, 0.29) is 0 Å². The van der Waals surface area contributed by atoms with Gasteiger partial charge >= 0.3 is 0 Å². The van der Waals surface area contributed by atoms with Crippen LogP contribution in [0.15, 0.2) is 0 Å². The Morgan fingerprint density at radius 3 is 2.15 bits per heavy atom. The number of alkyl halides is 1. The number of likely N-dealkylation sites (tertiary alicyclic amines) is 1. The average molecular weight is 246 g/mol. The van der Waals surface area contributed by atoms with Gasteiger partial charge in [0.05, 0.1) is 0 Å². The maximum Gasteiger partial charge on any atom is 0.0384 e. The molecule has 0 aromatic heterocycles. The Balaban J connectivity index is 1.83. The molecule has 2 aliphatic rings. The van der Waals surface area contributed by atoms with Crippen LogP contribution in [0.3, 0.4) is 0 Å². The highest BCUT2D eigenvalue weighted by Crippen LogP contribution is 2.37. The van der Waals surface area contributed by atoms with E-state index in [9.17, 15) is 0 Å². The van der Waals surface area contributed by atoms with E-state index < -0.39 is 0 Å². The summed E-state index contributed by atoms with van der Waals surface area (Å²) in [7, 11) is 0. The number of hydrogen-bond donors (Lipinski definition) is 0. The van der Waals surface area contributed by atoms with Gasteiger partial charge in [0.15, 0.2) is 0 Å². The highest BCUT2D eigenvalue weighted by atomic mass is 79.9. The number of hydrogen-bond acceptors (Lipinski definition) is 1. The van der Waals surface area contributed by atoms with E-state index in [0.717, 1.165) is 0 Å². The molecule has 1 saturated heterocycles. The lowest BCUT2D eigenvalue weighted by atomic mass is 9.88. The molecule has 2 heteroatoms. The van der Waals surface area contributed by atoms with Gasteiger partial charge in [-0.2, -0.15) is 0 Å². The Labute approximate surface area is 90.0 Å². The predicted molar refractivity (Wildman–Crippen MR) is 60.4 cm³/mol. The van der Waals surface area contributed by atoms with Gasteiger partial charge in [0.25, 0.3) is 0 Å². The van der Waals surface area contributed by atoms with Crippen LogP contribution in [0.2, 0.25) is 0 Å². The molecule has 0 spiro atoms. The first-order valence-corrected chi connectivity index (χ1v) is 6.49. The maximum absolute atomic E-state index is 3.96. The van der Waals surface area contributed by atoms with Gasteiger partial charge in [-0.1, -0.05) is 35.2 Å². The summed E-state index contributed by atoms with van der Waals surface area (Å²) >= 11 is 3.96. The van der Waals surface area contributed by atoms with Gasteiger partial charge in [0, 0.05) is 10.9 Å². The Bertz CT molecular complexity index is 157. The van der Waals surface area contributed by atoms with Crippen molar-refractivity contribution in [2.24, 2.45) is 0 Å². The van der Waals surface area contributed by atoms with Crippen LogP contribution in [-0.2, 0) is 0 Å². The van der Waals surface area contributed by atoms with E-state index in [4.69, 9.17) is 0 Å². The topological polar surface area (TPSA) is 3.24 Å². The van der Waals surface area contributed by atoms with Gasteiger partial charge in [-0.3, -0.25) is 0 Å². The molecule has 0 bridgehead atoms. The zero-order valence-electron chi connectivity index (χ0n) is 8.40. The SMILES string of the molecule is BrC1(CN2CCCC2)CCCCC1.